The molecule has 0 amide bonds. The Labute approximate surface area is 118 Å². The van der Waals surface area contributed by atoms with Crippen molar-refractivity contribution >= 4 is 14.0 Å². The summed E-state index contributed by atoms with van der Waals surface area (Å²) in [6.45, 7) is 9.33. The maximum atomic E-state index is 2.39. The van der Waals surface area contributed by atoms with Gasteiger partial charge in [-0.15, -0.1) is 0 Å². The number of rotatable bonds is 2. The molecule has 2 aromatic rings. The molecule has 0 aliphatic heterocycles. The fourth-order valence-corrected chi connectivity index (χ4v) is 3.41. The molecule has 0 aliphatic rings. The van der Waals surface area contributed by atoms with E-state index in [1.165, 1.54) is 0 Å². The van der Waals surface area contributed by atoms with Gasteiger partial charge >= 0.3 is 0 Å². The summed E-state index contributed by atoms with van der Waals surface area (Å²) in [4.78, 5) is 0. The molecule has 0 heterocycles. The summed E-state index contributed by atoms with van der Waals surface area (Å²) in [5.74, 6) is 0.704. The van der Waals surface area contributed by atoms with Gasteiger partial charge in [0.25, 0.3) is 0 Å². The Balaban J connectivity index is 0.000000360. The topological polar surface area (TPSA) is 0 Å². The fraction of sp³-hybridized carbons (Fsp3) is 0.333. The Morgan fingerprint density at radius 2 is 1.53 bits per heavy atom. The van der Waals surface area contributed by atoms with E-state index in [1.807, 2.05) is 30.3 Å². The summed E-state index contributed by atoms with van der Waals surface area (Å²) in [5, 5.41) is 1.65. The van der Waals surface area contributed by atoms with Crippen LogP contribution < -0.4 is 5.19 Å². The Kier molecular flexibility index (Phi) is 8.23. The van der Waals surface area contributed by atoms with Crippen molar-refractivity contribution in [3.8, 4) is 0 Å². The van der Waals surface area contributed by atoms with Crippen molar-refractivity contribution in [1.82, 2.24) is 0 Å². The SMILES string of the molecule is CC(C)[c-]1cccc1[SiH](C)C.[Fe].[cH-]1[cH-][cH-][cH-][cH-]1. The molecular weight excluding hydrogens is 264 g/mol. The summed E-state index contributed by atoms with van der Waals surface area (Å²) in [7, 11) is -0.575. The van der Waals surface area contributed by atoms with Crippen molar-refractivity contribution in [2.24, 2.45) is 0 Å². The first-order valence-corrected chi connectivity index (χ1v) is 8.93. The Hall–Kier alpha value is -0.564. The smallest absolute Gasteiger partial charge is 0.0370 e. The van der Waals surface area contributed by atoms with Gasteiger partial charge in [-0.05, 0) is 0 Å². The Morgan fingerprint density at radius 3 is 1.82 bits per heavy atom. The third-order valence-corrected chi connectivity index (χ3v) is 4.45. The fourth-order valence-electron chi connectivity index (χ4n) is 1.82. The van der Waals surface area contributed by atoms with Crippen LogP contribution in [0.2, 0.25) is 13.1 Å². The Bertz CT molecular complexity index is 332. The van der Waals surface area contributed by atoms with Crippen molar-refractivity contribution in [1.29, 1.82) is 0 Å². The Morgan fingerprint density at radius 1 is 1.06 bits per heavy atom. The first kappa shape index (κ1) is 16.4. The van der Waals surface area contributed by atoms with Crippen LogP contribution in [0.15, 0.2) is 48.5 Å². The minimum Gasteiger partial charge on any atom is -0.748 e. The summed E-state index contributed by atoms with van der Waals surface area (Å²) >= 11 is 0. The molecule has 2 rings (SSSR count). The van der Waals surface area contributed by atoms with Crippen LogP contribution in [0.5, 0.6) is 0 Å². The summed E-state index contributed by atoms with van der Waals surface area (Å²) in [6.07, 6.45) is 0. The zero-order valence-electron chi connectivity index (χ0n) is 11.1. The van der Waals surface area contributed by atoms with E-state index in [1.54, 1.807) is 10.8 Å². The normalized spacial score (nSPS) is 9.76. The van der Waals surface area contributed by atoms with Crippen LogP contribution in [0.4, 0.5) is 0 Å². The molecule has 0 nitrogen and oxygen atoms in total. The third kappa shape index (κ3) is 5.54. The minimum atomic E-state index is -0.575. The van der Waals surface area contributed by atoms with E-state index >= 15 is 0 Å². The van der Waals surface area contributed by atoms with Crippen LogP contribution in [0.25, 0.3) is 0 Å². The molecule has 0 aromatic heterocycles. The largest absolute Gasteiger partial charge is 0.748 e. The summed E-state index contributed by atoms with van der Waals surface area (Å²) in [6, 6.07) is 16.8. The average molecular weight is 286 g/mol. The molecule has 0 atom stereocenters. The monoisotopic (exact) mass is 286 g/mol. The molecule has 2 heteroatoms. The average Bonchev–Trinajstić information content (AvgIpc) is 2.92. The van der Waals surface area contributed by atoms with E-state index in [4.69, 9.17) is 0 Å². The van der Waals surface area contributed by atoms with E-state index in [0.29, 0.717) is 5.92 Å². The van der Waals surface area contributed by atoms with Crippen LogP contribution >= 0.6 is 0 Å². The van der Waals surface area contributed by atoms with Crippen LogP contribution in [0.3, 0.4) is 0 Å². The number of hydrogen-bond donors (Lipinski definition) is 0. The first-order valence-electron chi connectivity index (χ1n) is 6.05. The zero-order valence-corrected chi connectivity index (χ0v) is 13.4. The van der Waals surface area contributed by atoms with Gasteiger partial charge in [0.1, 0.15) is 0 Å². The van der Waals surface area contributed by atoms with Gasteiger partial charge in [-0.1, -0.05) is 32.9 Å². The van der Waals surface area contributed by atoms with Gasteiger partial charge in [0.2, 0.25) is 0 Å². The van der Waals surface area contributed by atoms with Gasteiger partial charge < -0.3 is 30.3 Å². The van der Waals surface area contributed by atoms with Crippen LogP contribution in [-0.2, 0) is 17.1 Å². The second-order valence-corrected chi connectivity index (χ2v) is 7.64. The molecule has 2 aromatic carbocycles. The summed E-state index contributed by atoms with van der Waals surface area (Å²) in [5.41, 5.74) is 1.58. The van der Waals surface area contributed by atoms with E-state index in [-0.39, 0.29) is 17.1 Å². The van der Waals surface area contributed by atoms with Gasteiger partial charge in [-0.25, -0.2) is 12.1 Å². The predicted octanol–water partition coefficient (Wildman–Crippen LogP) is 3.63. The standard InChI is InChI=1S/C10H17Si.C5H5.Fe/c1-8(2)9-6-5-7-10(9)11(3)4;1-2-4-5-3-1;/h5-8,11H,1-4H3;1-5H;/q-1;-5;. The quantitative estimate of drug-likeness (QED) is 0.584. The van der Waals surface area contributed by atoms with Crippen molar-refractivity contribution in [3.05, 3.63) is 54.1 Å². The molecule has 17 heavy (non-hydrogen) atoms. The summed E-state index contributed by atoms with van der Waals surface area (Å²) < 4.78 is 0. The number of hydrogen-bond acceptors (Lipinski definition) is 0. The van der Waals surface area contributed by atoms with Crippen molar-refractivity contribution in [2.75, 3.05) is 0 Å². The molecule has 0 unspecified atom stereocenters. The van der Waals surface area contributed by atoms with E-state index in [0.717, 1.165) is 0 Å². The second kappa shape index (κ2) is 8.52. The first-order chi connectivity index (χ1) is 7.63. The zero-order chi connectivity index (χ0) is 12.0. The van der Waals surface area contributed by atoms with Gasteiger partial charge in [-0.3, -0.25) is 0 Å². The van der Waals surface area contributed by atoms with Crippen LogP contribution in [-0.4, -0.2) is 8.80 Å². The van der Waals surface area contributed by atoms with E-state index in [9.17, 15) is 0 Å². The van der Waals surface area contributed by atoms with Gasteiger partial charge in [-0.2, -0.15) is 16.8 Å². The van der Waals surface area contributed by atoms with Crippen LogP contribution in [0, 0.1) is 0 Å². The molecule has 0 radical (unpaired) electrons. The minimum absolute atomic E-state index is 0. The van der Waals surface area contributed by atoms with Crippen molar-refractivity contribution < 1.29 is 17.1 Å². The molecule has 0 aliphatic carbocycles. The third-order valence-electron chi connectivity index (χ3n) is 2.68. The molecule has 100 valence electrons. The maximum Gasteiger partial charge on any atom is 0.0370 e. The molecule has 0 saturated heterocycles. The molecular formula is C15H22FeSi-6. The molecule has 0 saturated carbocycles. The molecule has 0 N–H and O–H groups in total. The molecule has 0 fully saturated rings. The van der Waals surface area contributed by atoms with Gasteiger partial charge in [0.15, 0.2) is 0 Å². The van der Waals surface area contributed by atoms with E-state index in [2.05, 4.69) is 45.1 Å². The maximum absolute atomic E-state index is 2.39. The second-order valence-electron chi connectivity index (χ2n) is 4.71. The van der Waals surface area contributed by atoms with Gasteiger partial charge in [0, 0.05) is 25.9 Å². The molecule has 0 spiro atoms. The predicted molar refractivity (Wildman–Crippen MR) is 76.7 cm³/mol. The van der Waals surface area contributed by atoms with Gasteiger partial charge in [0.05, 0.1) is 0 Å². The van der Waals surface area contributed by atoms with E-state index < -0.39 is 8.80 Å². The van der Waals surface area contributed by atoms with Crippen LogP contribution in [0.1, 0.15) is 25.3 Å². The molecule has 0 bridgehead atoms. The van der Waals surface area contributed by atoms with Crippen molar-refractivity contribution in [3.63, 3.8) is 0 Å². The van der Waals surface area contributed by atoms with Crippen molar-refractivity contribution in [2.45, 2.75) is 32.9 Å².